The molecule has 3 unspecified atom stereocenters. The van der Waals surface area contributed by atoms with Crippen LogP contribution in [0.1, 0.15) is 54.3 Å². The van der Waals surface area contributed by atoms with Crippen LogP contribution in [0.3, 0.4) is 0 Å². The zero-order chi connectivity index (χ0) is 28.4. The molecule has 4 aromatic carbocycles. The molecule has 6 nitrogen and oxygen atoms in total. The van der Waals surface area contributed by atoms with Crippen molar-refractivity contribution >= 4 is 17.7 Å². The van der Waals surface area contributed by atoms with E-state index < -0.39 is 12.1 Å². The van der Waals surface area contributed by atoms with Crippen molar-refractivity contribution in [3.05, 3.63) is 132 Å². The van der Waals surface area contributed by atoms with Crippen LogP contribution in [-0.2, 0) is 11.3 Å². The van der Waals surface area contributed by atoms with Gasteiger partial charge in [0.15, 0.2) is 0 Å². The maximum Gasteiger partial charge on any atom is 0.420 e. The lowest BCUT2D eigenvalue weighted by Crippen LogP contribution is -2.39. The first-order valence-electron chi connectivity index (χ1n) is 14.3. The van der Waals surface area contributed by atoms with Crippen LogP contribution in [-0.4, -0.2) is 23.7 Å². The van der Waals surface area contributed by atoms with E-state index in [1.807, 2.05) is 91.0 Å². The molecule has 2 amide bonds. The first-order chi connectivity index (χ1) is 20.1. The summed E-state index contributed by atoms with van der Waals surface area (Å²) in [6.45, 7) is 0.201. The summed E-state index contributed by atoms with van der Waals surface area (Å²) in [5.41, 5.74) is 3.73. The van der Waals surface area contributed by atoms with E-state index in [2.05, 4.69) is 17.4 Å². The number of hydrogen-bond donors (Lipinski definition) is 2. The van der Waals surface area contributed by atoms with E-state index in [0.29, 0.717) is 12.3 Å². The van der Waals surface area contributed by atoms with Crippen LogP contribution in [0.15, 0.2) is 115 Å². The van der Waals surface area contributed by atoms with Gasteiger partial charge in [0, 0.05) is 11.6 Å². The van der Waals surface area contributed by atoms with E-state index in [1.165, 1.54) is 0 Å². The van der Waals surface area contributed by atoms with E-state index in [-0.39, 0.29) is 24.3 Å². The molecule has 6 heteroatoms. The molecule has 3 atom stereocenters. The lowest BCUT2D eigenvalue weighted by molar-refractivity contribution is -0.127. The van der Waals surface area contributed by atoms with Gasteiger partial charge in [-0.1, -0.05) is 104 Å². The Hall–Kier alpha value is -4.42. The van der Waals surface area contributed by atoms with Gasteiger partial charge in [-0.05, 0) is 59.7 Å². The number of nitrogens with one attached hydrogen (secondary N) is 1. The minimum atomic E-state index is -0.452. The van der Waals surface area contributed by atoms with Gasteiger partial charge in [-0.2, -0.15) is 0 Å². The van der Waals surface area contributed by atoms with Gasteiger partial charge in [-0.15, -0.1) is 0 Å². The number of aliphatic hydroxyl groups excluding tert-OH is 1. The fraction of sp³-hybridized carbons (Fsp3) is 0.257. The molecule has 0 spiro atoms. The van der Waals surface area contributed by atoms with Crippen LogP contribution >= 0.6 is 0 Å². The van der Waals surface area contributed by atoms with Gasteiger partial charge in [0.05, 0.1) is 19.2 Å². The predicted molar refractivity (Wildman–Crippen MR) is 161 cm³/mol. The molecule has 1 aliphatic rings. The van der Waals surface area contributed by atoms with Crippen molar-refractivity contribution in [1.82, 2.24) is 5.32 Å². The van der Waals surface area contributed by atoms with Gasteiger partial charge in [0.25, 0.3) is 0 Å². The first-order valence-corrected chi connectivity index (χ1v) is 14.3. The fourth-order valence-electron chi connectivity index (χ4n) is 5.61. The summed E-state index contributed by atoms with van der Waals surface area (Å²) < 4.78 is 5.66. The number of para-hydroxylation sites is 2. The molecule has 4 aromatic rings. The highest BCUT2D eigenvalue weighted by atomic mass is 16.6. The summed E-state index contributed by atoms with van der Waals surface area (Å²) >= 11 is 0. The highest BCUT2D eigenvalue weighted by molar-refractivity contribution is 5.89. The summed E-state index contributed by atoms with van der Waals surface area (Å²) in [6.07, 6.45) is 3.39. The largest absolute Gasteiger partial charge is 0.420 e. The molecule has 0 heterocycles. The van der Waals surface area contributed by atoms with Crippen molar-refractivity contribution in [2.24, 2.45) is 5.92 Å². The zero-order valence-electron chi connectivity index (χ0n) is 23.1. The van der Waals surface area contributed by atoms with Gasteiger partial charge >= 0.3 is 6.09 Å². The molecule has 1 saturated carbocycles. The van der Waals surface area contributed by atoms with Crippen LogP contribution in [0, 0.1) is 5.92 Å². The monoisotopic (exact) mass is 548 g/mol. The predicted octanol–water partition coefficient (Wildman–Crippen LogP) is 7.02. The van der Waals surface area contributed by atoms with Gasteiger partial charge in [-0.25, -0.2) is 4.79 Å². The number of carbonyl (C=O) groups excluding carboxylic acids is 2. The maximum atomic E-state index is 13.4. The molecular weight excluding hydrogens is 512 g/mol. The standard InChI is InChI=1S/C35H36N2O4/c38-25-33(28-12-4-1-5-13-28)36-34(39)32-19-11-10-18-31(32)27-22-20-26(21-23-27)24-37(29-14-6-2-7-15-29)35(40)41-30-16-8-3-9-17-30/h1-9,12-17,20-23,31-33,38H,10-11,18-19,24-25H2,(H,36,39). The average Bonchev–Trinajstić information content (AvgIpc) is 3.04. The van der Waals surface area contributed by atoms with Crippen molar-refractivity contribution in [2.45, 2.75) is 44.2 Å². The summed E-state index contributed by atoms with van der Waals surface area (Å²) in [6, 6.07) is 35.9. The van der Waals surface area contributed by atoms with Crippen molar-refractivity contribution in [2.75, 3.05) is 11.5 Å². The molecule has 2 N–H and O–H groups in total. The molecule has 5 rings (SSSR count). The number of amides is 2. The second-order valence-corrected chi connectivity index (χ2v) is 10.5. The minimum Gasteiger partial charge on any atom is -0.410 e. The highest BCUT2D eigenvalue weighted by Gasteiger charge is 2.33. The SMILES string of the molecule is O=C(NC(CO)c1ccccc1)C1CCCCC1c1ccc(CN(C(=O)Oc2ccccc2)c2ccccc2)cc1. The molecule has 0 saturated heterocycles. The molecule has 0 aliphatic heterocycles. The smallest absolute Gasteiger partial charge is 0.410 e. The molecular formula is C35H36N2O4. The van der Waals surface area contributed by atoms with E-state index in [9.17, 15) is 14.7 Å². The Balaban J connectivity index is 1.30. The summed E-state index contributed by atoms with van der Waals surface area (Å²) in [5, 5.41) is 13.1. The van der Waals surface area contributed by atoms with E-state index >= 15 is 0 Å². The van der Waals surface area contributed by atoms with Crippen LogP contribution in [0.2, 0.25) is 0 Å². The van der Waals surface area contributed by atoms with E-state index in [0.717, 1.165) is 48.1 Å². The Morgan fingerprint density at radius 2 is 1.41 bits per heavy atom. The van der Waals surface area contributed by atoms with Crippen LogP contribution in [0.5, 0.6) is 5.75 Å². The number of ether oxygens (including phenoxy) is 1. The zero-order valence-corrected chi connectivity index (χ0v) is 23.1. The van der Waals surface area contributed by atoms with Crippen LogP contribution < -0.4 is 15.0 Å². The average molecular weight is 549 g/mol. The van der Waals surface area contributed by atoms with Gasteiger partial charge < -0.3 is 15.2 Å². The van der Waals surface area contributed by atoms with Crippen molar-refractivity contribution in [3.8, 4) is 5.75 Å². The van der Waals surface area contributed by atoms with Crippen molar-refractivity contribution in [1.29, 1.82) is 0 Å². The second-order valence-electron chi connectivity index (χ2n) is 10.5. The van der Waals surface area contributed by atoms with Crippen LogP contribution in [0.25, 0.3) is 0 Å². The Bertz CT molecular complexity index is 1390. The molecule has 0 aromatic heterocycles. The molecule has 1 fully saturated rings. The summed E-state index contributed by atoms with van der Waals surface area (Å²) in [5.74, 6) is 0.418. The second kappa shape index (κ2) is 13.8. The third-order valence-corrected chi connectivity index (χ3v) is 7.79. The van der Waals surface area contributed by atoms with Crippen molar-refractivity contribution < 1.29 is 19.4 Å². The summed E-state index contributed by atoms with van der Waals surface area (Å²) in [4.78, 5) is 28.3. The highest BCUT2D eigenvalue weighted by Crippen LogP contribution is 2.38. The third-order valence-electron chi connectivity index (χ3n) is 7.79. The number of nitrogens with zero attached hydrogens (tertiary/aromatic N) is 1. The normalized spacial score (nSPS) is 17.3. The van der Waals surface area contributed by atoms with E-state index in [1.54, 1.807) is 17.0 Å². The Labute approximate surface area is 241 Å². The molecule has 0 bridgehead atoms. The Morgan fingerprint density at radius 1 is 0.805 bits per heavy atom. The Kier molecular flexibility index (Phi) is 9.45. The number of benzene rings is 4. The fourth-order valence-corrected chi connectivity index (χ4v) is 5.61. The minimum absolute atomic E-state index is 0.0133. The first kappa shape index (κ1) is 28.1. The molecule has 1 aliphatic carbocycles. The summed E-state index contributed by atoms with van der Waals surface area (Å²) in [7, 11) is 0. The molecule has 210 valence electrons. The number of carbonyl (C=O) groups is 2. The third kappa shape index (κ3) is 7.21. The van der Waals surface area contributed by atoms with E-state index in [4.69, 9.17) is 4.74 Å². The van der Waals surface area contributed by atoms with Gasteiger partial charge in [0.2, 0.25) is 5.91 Å². The van der Waals surface area contributed by atoms with Gasteiger partial charge in [0.1, 0.15) is 5.75 Å². The van der Waals surface area contributed by atoms with Crippen molar-refractivity contribution in [3.63, 3.8) is 0 Å². The number of rotatable bonds is 9. The lowest BCUT2D eigenvalue weighted by Gasteiger charge is -2.32. The number of aliphatic hydroxyl groups is 1. The molecule has 0 radical (unpaired) electrons. The number of anilines is 1. The Morgan fingerprint density at radius 3 is 2.07 bits per heavy atom. The quantitative estimate of drug-likeness (QED) is 0.236. The molecule has 41 heavy (non-hydrogen) atoms. The maximum absolute atomic E-state index is 13.4. The number of hydrogen-bond acceptors (Lipinski definition) is 4. The van der Waals surface area contributed by atoms with Gasteiger partial charge in [-0.3, -0.25) is 9.69 Å². The van der Waals surface area contributed by atoms with Crippen LogP contribution in [0.4, 0.5) is 10.5 Å². The lowest BCUT2D eigenvalue weighted by atomic mass is 9.74. The topological polar surface area (TPSA) is 78.9 Å².